The van der Waals surface area contributed by atoms with Crippen LogP contribution in [0.25, 0.3) is 0 Å². The van der Waals surface area contributed by atoms with Crippen molar-refractivity contribution in [2.24, 2.45) is 11.3 Å². The van der Waals surface area contributed by atoms with Gasteiger partial charge in [-0.3, -0.25) is 9.59 Å². The Kier molecular flexibility index (Phi) is 5.93. The predicted molar refractivity (Wildman–Crippen MR) is 67.6 cm³/mol. The van der Waals surface area contributed by atoms with Gasteiger partial charge in [0.1, 0.15) is 0 Å². The molecule has 0 heterocycles. The molecule has 0 radical (unpaired) electrons. The molecule has 0 aromatic heterocycles. The molecule has 0 aromatic carbocycles. The van der Waals surface area contributed by atoms with Crippen molar-refractivity contribution in [3.05, 3.63) is 11.6 Å². The van der Waals surface area contributed by atoms with Gasteiger partial charge < -0.3 is 10.4 Å². The molecule has 4 heteroatoms. The number of allylic oxidation sites excluding steroid dienone is 1. The molecule has 0 aromatic rings. The first-order chi connectivity index (χ1) is 7.61. The lowest BCUT2D eigenvalue weighted by molar-refractivity contribution is -0.142. The topological polar surface area (TPSA) is 66.4 Å². The molecule has 1 amide bonds. The van der Waals surface area contributed by atoms with E-state index in [0.29, 0.717) is 6.42 Å². The Morgan fingerprint density at radius 2 is 1.82 bits per heavy atom. The van der Waals surface area contributed by atoms with Crippen molar-refractivity contribution in [1.82, 2.24) is 5.32 Å². The average molecular weight is 241 g/mol. The minimum absolute atomic E-state index is 0.0652. The van der Waals surface area contributed by atoms with Gasteiger partial charge in [0.2, 0.25) is 5.91 Å². The summed E-state index contributed by atoms with van der Waals surface area (Å²) in [5, 5.41) is 11.7. The van der Waals surface area contributed by atoms with Crippen molar-refractivity contribution < 1.29 is 14.7 Å². The van der Waals surface area contributed by atoms with Crippen LogP contribution in [0.1, 0.15) is 41.0 Å². The van der Waals surface area contributed by atoms with Gasteiger partial charge in [-0.2, -0.15) is 0 Å². The summed E-state index contributed by atoms with van der Waals surface area (Å²) in [6.07, 6.45) is 2.01. The van der Waals surface area contributed by atoms with Gasteiger partial charge in [-0.1, -0.05) is 26.3 Å². The highest BCUT2D eigenvalue weighted by Crippen LogP contribution is 2.24. The molecule has 2 N–H and O–H groups in total. The molecular formula is C13H23NO3. The van der Waals surface area contributed by atoms with E-state index in [2.05, 4.69) is 5.32 Å². The zero-order chi connectivity index (χ0) is 13.6. The third-order valence-corrected chi connectivity index (χ3v) is 2.15. The third kappa shape index (κ3) is 8.48. The number of hydrogen-bond acceptors (Lipinski definition) is 2. The number of hydrogen-bond donors (Lipinski definition) is 2. The first-order valence-electron chi connectivity index (χ1n) is 5.77. The van der Waals surface area contributed by atoms with Gasteiger partial charge in [-0.25, -0.2) is 0 Å². The molecule has 0 fully saturated rings. The van der Waals surface area contributed by atoms with Crippen molar-refractivity contribution in [2.45, 2.75) is 41.0 Å². The minimum atomic E-state index is -0.863. The maximum absolute atomic E-state index is 11.4. The number of carbonyl (C=O) groups excluding carboxylic acids is 1. The Morgan fingerprint density at radius 3 is 2.18 bits per heavy atom. The summed E-state index contributed by atoms with van der Waals surface area (Å²) >= 11 is 0. The molecule has 0 spiro atoms. The van der Waals surface area contributed by atoms with E-state index in [1.54, 1.807) is 0 Å². The molecular weight excluding hydrogens is 218 g/mol. The third-order valence-electron chi connectivity index (χ3n) is 2.15. The number of carboxylic acids is 1. The molecule has 1 unspecified atom stereocenters. The Hall–Kier alpha value is -1.32. The van der Waals surface area contributed by atoms with Crippen LogP contribution in [0.2, 0.25) is 0 Å². The highest BCUT2D eigenvalue weighted by Gasteiger charge is 2.24. The molecule has 1 atom stereocenters. The van der Waals surface area contributed by atoms with Crippen LogP contribution in [0, 0.1) is 11.3 Å². The Balaban J connectivity index is 4.34. The molecule has 0 bridgehead atoms. The van der Waals surface area contributed by atoms with Crippen LogP contribution >= 0.6 is 0 Å². The predicted octanol–water partition coefficient (Wildman–Crippen LogP) is 2.21. The van der Waals surface area contributed by atoms with Crippen LogP contribution in [-0.4, -0.2) is 23.5 Å². The lowest BCUT2D eigenvalue weighted by Gasteiger charge is -2.23. The first-order valence-corrected chi connectivity index (χ1v) is 5.77. The standard InChI is InChI=1S/C13H23NO3/c1-9(2)6-11(15)14-8-10(12(16)17)7-13(3,4)5/h6,10H,7-8H2,1-5H3,(H,14,15)(H,16,17). The molecule has 4 nitrogen and oxygen atoms in total. The second kappa shape index (κ2) is 6.42. The molecule has 0 saturated heterocycles. The summed E-state index contributed by atoms with van der Waals surface area (Å²) in [7, 11) is 0. The highest BCUT2D eigenvalue weighted by molar-refractivity contribution is 5.88. The number of carbonyl (C=O) groups is 2. The number of rotatable bonds is 5. The van der Waals surface area contributed by atoms with Crippen LogP contribution in [0.4, 0.5) is 0 Å². The fourth-order valence-electron chi connectivity index (χ4n) is 1.52. The van der Waals surface area contributed by atoms with Gasteiger partial charge in [0.15, 0.2) is 0 Å². The summed E-state index contributed by atoms with van der Waals surface area (Å²) in [5.41, 5.74) is 0.829. The number of aliphatic carboxylic acids is 1. The first kappa shape index (κ1) is 15.7. The molecule has 0 aliphatic heterocycles. The average Bonchev–Trinajstić information content (AvgIpc) is 2.08. The quantitative estimate of drug-likeness (QED) is 0.725. The van der Waals surface area contributed by atoms with E-state index in [0.717, 1.165) is 5.57 Å². The zero-order valence-corrected chi connectivity index (χ0v) is 11.3. The Bertz CT molecular complexity index is 309. The van der Waals surface area contributed by atoms with Gasteiger partial charge in [-0.15, -0.1) is 0 Å². The van der Waals surface area contributed by atoms with Crippen LogP contribution in [0.5, 0.6) is 0 Å². The van der Waals surface area contributed by atoms with Crippen LogP contribution < -0.4 is 5.32 Å². The van der Waals surface area contributed by atoms with E-state index in [1.165, 1.54) is 6.08 Å². The van der Waals surface area contributed by atoms with Gasteiger partial charge in [0.05, 0.1) is 5.92 Å². The lowest BCUT2D eigenvalue weighted by atomic mass is 9.84. The van der Waals surface area contributed by atoms with Crippen LogP contribution in [-0.2, 0) is 9.59 Å². The van der Waals surface area contributed by atoms with Gasteiger partial charge in [0, 0.05) is 12.6 Å². The number of amides is 1. The Labute approximate surface area is 103 Å². The summed E-state index contributed by atoms with van der Waals surface area (Å²) in [6, 6.07) is 0. The van der Waals surface area contributed by atoms with Gasteiger partial charge in [-0.05, 0) is 25.7 Å². The van der Waals surface area contributed by atoms with Crippen molar-refractivity contribution in [3.8, 4) is 0 Å². The van der Waals surface area contributed by atoms with Crippen LogP contribution in [0.3, 0.4) is 0 Å². The van der Waals surface area contributed by atoms with Gasteiger partial charge in [0.25, 0.3) is 0 Å². The van der Waals surface area contributed by atoms with Crippen molar-refractivity contribution >= 4 is 11.9 Å². The Morgan fingerprint density at radius 1 is 1.29 bits per heavy atom. The number of nitrogens with one attached hydrogen (secondary N) is 1. The summed E-state index contributed by atoms with van der Waals surface area (Å²) < 4.78 is 0. The van der Waals surface area contributed by atoms with Gasteiger partial charge >= 0.3 is 5.97 Å². The maximum atomic E-state index is 11.4. The van der Waals surface area contributed by atoms with Crippen molar-refractivity contribution in [1.29, 1.82) is 0 Å². The zero-order valence-electron chi connectivity index (χ0n) is 11.3. The maximum Gasteiger partial charge on any atom is 0.308 e. The normalized spacial score (nSPS) is 12.8. The monoisotopic (exact) mass is 241 g/mol. The van der Waals surface area contributed by atoms with E-state index >= 15 is 0 Å². The summed E-state index contributed by atoms with van der Waals surface area (Å²) in [4.78, 5) is 22.4. The summed E-state index contributed by atoms with van der Waals surface area (Å²) in [6.45, 7) is 9.78. The van der Waals surface area contributed by atoms with E-state index in [1.807, 2.05) is 34.6 Å². The molecule has 0 aliphatic rings. The van der Waals surface area contributed by atoms with E-state index in [9.17, 15) is 9.59 Å². The fraction of sp³-hybridized carbons (Fsp3) is 0.692. The molecule has 17 heavy (non-hydrogen) atoms. The van der Waals surface area contributed by atoms with Crippen molar-refractivity contribution in [2.75, 3.05) is 6.54 Å². The summed E-state index contributed by atoms with van der Waals surface area (Å²) in [5.74, 6) is -1.63. The molecule has 0 saturated carbocycles. The van der Waals surface area contributed by atoms with Crippen LogP contribution in [0.15, 0.2) is 11.6 Å². The minimum Gasteiger partial charge on any atom is -0.481 e. The molecule has 98 valence electrons. The van der Waals surface area contributed by atoms with Crippen molar-refractivity contribution in [3.63, 3.8) is 0 Å². The van der Waals surface area contributed by atoms with E-state index < -0.39 is 11.9 Å². The smallest absolute Gasteiger partial charge is 0.308 e. The van der Waals surface area contributed by atoms with E-state index in [-0.39, 0.29) is 17.9 Å². The largest absolute Gasteiger partial charge is 0.481 e. The SMILES string of the molecule is CC(C)=CC(=O)NCC(CC(C)(C)C)C(=O)O. The number of carboxylic acid groups (broad SMARTS) is 1. The second-order valence-electron chi connectivity index (χ2n) is 5.77. The fourth-order valence-corrected chi connectivity index (χ4v) is 1.52. The highest BCUT2D eigenvalue weighted by atomic mass is 16.4. The van der Waals surface area contributed by atoms with E-state index in [4.69, 9.17) is 5.11 Å². The molecule has 0 rings (SSSR count). The molecule has 0 aliphatic carbocycles. The lowest BCUT2D eigenvalue weighted by Crippen LogP contribution is -2.34. The second-order valence-corrected chi connectivity index (χ2v) is 5.77.